The summed E-state index contributed by atoms with van der Waals surface area (Å²) >= 11 is 3.61. The number of nitrogens with one attached hydrogen (secondary N) is 1. The lowest BCUT2D eigenvalue weighted by atomic mass is 9.96. The fourth-order valence-corrected chi connectivity index (χ4v) is 3.69. The van der Waals surface area contributed by atoms with Crippen LogP contribution in [0.1, 0.15) is 30.0 Å². The Labute approximate surface area is 136 Å². The van der Waals surface area contributed by atoms with Gasteiger partial charge in [0.2, 0.25) is 0 Å². The van der Waals surface area contributed by atoms with Gasteiger partial charge < -0.3 is 11.1 Å². The molecule has 1 unspecified atom stereocenters. The summed E-state index contributed by atoms with van der Waals surface area (Å²) in [7, 11) is 0. The van der Waals surface area contributed by atoms with Gasteiger partial charge in [-0.2, -0.15) is 9.61 Å². The van der Waals surface area contributed by atoms with Crippen molar-refractivity contribution in [2.45, 2.75) is 18.8 Å². The van der Waals surface area contributed by atoms with E-state index in [9.17, 15) is 0 Å². The maximum atomic E-state index is 6.28. The Balaban J connectivity index is 1.88. The van der Waals surface area contributed by atoms with Crippen molar-refractivity contribution in [1.29, 1.82) is 0 Å². The molecule has 0 aliphatic carbocycles. The third kappa shape index (κ3) is 2.16. The number of hydrogen-bond donors (Lipinski definition) is 2. The van der Waals surface area contributed by atoms with Crippen LogP contribution < -0.4 is 11.1 Å². The lowest BCUT2D eigenvalue weighted by molar-refractivity contribution is 0.453. The summed E-state index contributed by atoms with van der Waals surface area (Å²) < 4.78 is 2.56. The van der Waals surface area contributed by atoms with Gasteiger partial charge in [-0.1, -0.05) is 6.08 Å². The standard InChI is InChI=1S/C15H17BrN6/c16-12-13(10-2-1-4-18-7-10)21-15-11(9-3-5-19-6-9)8-20-22(15)14(12)17/h3,6,8,10,18H,1-2,4-5,7,17H2. The Morgan fingerprint density at radius 1 is 1.41 bits per heavy atom. The van der Waals surface area contributed by atoms with Crippen molar-refractivity contribution in [3.63, 3.8) is 0 Å². The average Bonchev–Trinajstić information content (AvgIpc) is 3.20. The molecule has 0 aromatic carbocycles. The van der Waals surface area contributed by atoms with Gasteiger partial charge in [0.25, 0.3) is 0 Å². The summed E-state index contributed by atoms with van der Waals surface area (Å²) in [4.78, 5) is 9.14. The monoisotopic (exact) mass is 360 g/mol. The van der Waals surface area contributed by atoms with E-state index >= 15 is 0 Å². The Morgan fingerprint density at radius 3 is 3.05 bits per heavy atom. The number of piperidine rings is 1. The van der Waals surface area contributed by atoms with E-state index in [1.54, 1.807) is 4.52 Å². The number of allylic oxidation sites excluding steroid dienone is 1. The second-order valence-electron chi connectivity index (χ2n) is 5.69. The smallest absolute Gasteiger partial charge is 0.165 e. The van der Waals surface area contributed by atoms with Crippen LogP contribution in [-0.4, -0.2) is 40.4 Å². The Hall–Kier alpha value is -1.73. The second kappa shape index (κ2) is 5.48. The lowest BCUT2D eigenvalue weighted by Gasteiger charge is -2.23. The summed E-state index contributed by atoms with van der Waals surface area (Å²) in [6, 6.07) is 0. The van der Waals surface area contributed by atoms with Gasteiger partial charge in [0.1, 0.15) is 5.82 Å². The number of anilines is 1. The van der Waals surface area contributed by atoms with Gasteiger partial charge in [0, 0.05) is 29.8 Å². The van der Waals surface area contributed by atoms with E-state index in [2.05, 4.69) is 37.4 Å². The van der Waals surface area contributed by atoms with Crippen LogP contribution in [0.4, 0.5) is 5.82 Å². The van der Waals surface area contributed by atoms with Crippen LogP contribution in [0, 0.1) is 0 Å². The molecular formula is C15H17BrN6. The lowest BCUT2D eigenvalue weighted by Crippen LogP contribution is -2.29. The minimum absolute atomic E-state index is 0.379. The summed E-state index contributed by atoms with van der Waals surface area (Å²) in [6.07, 6.45) is 8.06. The molecule has 2 aliphatic heterocycles. The summed E-state index contributed by atoms with van der Waals surface area (Å²) in [5.41, 5.74) is 10.2. The molecule has 3 N–H and O–H groups in total. The first-order chi connectivity index (χ1) is 10.8. The molecule has 0 bridgehead atoms. The largest absolute Gasteiger partial charge is 0.383 e. The SMILES string of the molecule is Nc1c(Br)c(C2CCCNC2)nc2c(C3=CCN=C3)cnn12. The van der Waals surface area contributed by atoms with Crippen LogP contribution >= 0.6 is 15.9 Å². The first kappa shape index (κ1) is 13.9. The number of nitrogens with two attached hydrogens (primary N) is 1. The average molecular weight is 361 g/mol. The Morgan fingerprint density at radius 2 is 2.32 bits per heavy atom. The number of nitrogens with zero attached hydrogens (tertiary/aromatic N) is 4. The molecule has 1 saturated heterocycles. The van der Waals surface area contributed by atoms with Crippen molar-refractivity contribution in [2.24, 2.45) is 4.99 Å². The number of nitrogen functional groups attached to an aromatic ring is 1. The highest BCUT2D eigenvalue weighted by molar-refractivity contribution is 9.10. The molecule has 0 saturated carbocycles. The topological polar surface area (TPSA) is 80.6 Å². The van der Waals surface area contributed by atoms with Crippen molar-refractivity contribution in [1.82, 2.24) is 19.9 Å². The fraction of sp³-hybridized carbons (Fsp3) is 0.400. The second-order valence-corrected chi connectivity index (χ2v) is 6.48. The Bertz CT molecular complexity index is 785. The molecule has 2 aliphatic rings. The maximum Gasteiger partial charge on any atom is 0.165 e. The normalized spacial score (nSPS) is 21.5. The van der Waals surface area contributed by atoms with Crippen LogP contribution in [0.3, 0.4) is 0 Å². The minimum atomic E-state index is 0.379. The third-order valence-electron chi connectivity index (χ3n) is 4.29. The number of aromatic nitrogens is 3. The summed E-state index contributed by atoms with van der Waals surface area (Å²) in [5, 5.41) is 7.83. The number of rotatable bonds is 2. The molecule has 4 rings (SSSR count). The van der Waals surface area contributed by atoms with E-state index in [4.69, 9.17) is 10.7 Å². The highest BCUT2D eigenvalue weighted by Crippen LogP contribution is 2.34. The number of fused-ring (bicyclic) bond motifs is 1. The van der Waals surface area contributed by atoms with E-state index in [0.29, 0.717) is 11.7 Å². The molecule has 1 atom stereocenters. The fourth-order valence-electron chi connectivity index (χ4n) is 3.11. The highest BCUT2D eigenvalue weighted by Gasteiger charge is 2.24. The molecule has 6 nitrogen and oxygen atoms in total. The number of hydrogen-bond acceptors (Lipinski definition) is 5. The van der Waals surface area contributed by atoms with Crippen molar-refractivity contribution < 1.29 is 0 Å². The predicted molar refractivity (Wildman–Crippen MR) is 91.3 cm³/mol. The first-order valence-electron chi connectivity index (χ1n) is 7.49. The molecule has 7 heteroatoms. The zero-order valence-electron chi connectivity index (χ0n) is 12.1. The van der Waals surface area contributed by atoms with Crippen LogP contribution in [0.2, 0.25) is 0 Å². The highest BCUT2D eigenvalue weighted by atomic mass is 79.9. The summed E-state index contributed by atoms with van der Waals surface area (Å²) in [5.74, 6) is 0.983. The number of aliphatic imine (C=N–C) groups is 1. The quantitative estimate of drug-likeness (QED) is 0.858. The molecule has 22 heavy (non-hydrogen) atoms. The van der Waals surface area contributed by atoms with Crippen molar-refractivity contribution in [3.8, 4) is 0 Å². The van der Waals surface area contributed by atoms with Crippen molar-refractivity contribution >= 4 is 39.2 Å². The van der Waals surface area contributed by atoms with Gasteiger partial charge >= 0.3 is 0 Å². The molecule has 0 amide bonds. The third-order valence-corrected chi connectivity index (χ3v) is 5.10. The van der Waals surface area contributed by atoms with Gasteiger partial charge in [0.15, 0.2) is 5.65 Å². The first-order valence-corrected chi connectivity index (χ1v) is 8.28. The van der Waals surface area contributed by atoms with Gasteiger partial charge in [-0.15, -0.1) is 0 Å². The van der Waals surface area contributed by atoms with Gasteiger partial charge in [0.05, 0.1) is 22.9 Å². The van der Waals surface area contributed by atoms with E-state index in [-0.39, 0.29) is 0 Å². The van der Waals surface area contributed by atoms with Gasteiger partial charge in [-0.05, 0) is 35.3 Å². The molecule has 0 radical (unpaired) electrons. The molecule has 4 heterocycles. The molecule has 114 valence electrons. The zero-order chi connectivity index (χ0) is 15.1. The van der Waals surface area contributed by atoms with Crippen molar-refractivity contribution in [3.05, 3.63) is 28.0 Å². The van der Waals surface area contributed by atoms with Gasteiger partial charge in [-0.25, -0.2) is 4.98 Å². The predicted octanol–water partition coefficient (Wildman–Crippen LogP) is 2.01. The van der Waals surface area contributed by atoms with Crippen LogP contribution in [0.5, 0.6) is 0 Å². The molecular weight excluding hydrogens is 344 g/mol. The summed E-state index contributed by atoms with van der Waals surface area (Å²) in [6.45, 7) is 2.74. The van der Waals surface area contributed by atoms with E-state index < -0.39 is 0 Å². The molecule has 2 aromatic heterocycles. The minimum Gasteiger partial charge on any atom is -0.383 e. The van der Waals surface area contributed by atoms with Crippen molar-refractivity contribution in [2.75, 3.05) is 25.4 Å². The van der Waals surface area contributed by atoms with Crippen LogP contribution in [-0.2, 0) is 0 Å². The maximum absolute atomic E-state index is 6.28. The molecule has 1 fully saturated rings. The van der Waals surface area contributed by atoms with Gasteiger partial charge in [-0.3, -0.25) is 4.99 Å². The molecule has 2 aromatic rings. The Kier molecular flexibility index (Phi) is 3.46. The van der Waals surface area contributed by atoms with E-state index in [1.807, 2.05) is 12.4 Å². The van der Waals surface area contributed by atoms with Crippen LogP contribution in [0.15, 0.2) is 21.7 Å². The van der Waals surface area contributed by atoms with Crippen LogP contribution in [0.25, 0.3) is 11.2 Å². The van der Waals surface area contributed by atoms with E-state index in [1.165, 1.54) is 0 Å². The number of halogens is 1. The van der Waals surface area contributed by atoms with E-state index in [0.717, 1.165) is 59.4 Å². The zero-order valence-corrected chi connectivity index (χ0v) is 13.7. The molecule has 0 spiro atoms.